The number of hydrogen-bond acceptors (Lipinski definition) is 4. The van der Waals surface area contributed by atoms with Crippen molar-refractivity contribution in [2.45, 2.75) is 38.0 Å². The summed E-state index contributed by atoms with van der Waals surface area (Å²) in [5.41, 5.74) is 0. The zero-order valence-corrected chi connectivity index (χ0v) is 11.4. The first-order chi connectivity index (χ1) is 9.40. The molecule has 2 fully saturated rings. The summed E-state index contributed by atoms with van der Waals surface area (Å²) in [7, 11) is 0. The zero-order chi connectivity index (χ0) is 12.9. The van der Waals surface area contributed by atoms with Gasteiger partial charge in [-0.25, -0.2) is 0 Å². The van der Waals surface area contributed by atoms with E-state index in [0.29, 0.717) is 6.10 Å². The molecule has 0 saturated carbocycles. The van der Waals surface area contributed by atoms with Crippen LogP contribution in [0.5, 0.6) is 0 Å². The Kier molecular flexibility index (Phi) is 4.48. The predicted octanol–water partition coefficient (Wildman–Crippen LogP) is 1.15. The van der Waals surface area contributed by atoms with Crippen LogP contribution in [0.1, 0.15) is 19.3 Å². The van der Waals surface area contributed by atoms with Gasteiger partial charge in [-0.15, -0.1) is 0 Å². The van der Waals surface area contributed by atoms with Gasteiger partial charge < -0.3 is 9.47 Å². The summed E-state index contributed by atoms with van der Waals surface area (Å²) in [6.45, 7) is 5.66. The van der Waals surface area contributed by atoms with Crippen LogP contribution < -0.4 is 0 Å². The summed E-state index contributed by atoms with van der Waals surface area (Å²) in [4.78, 5) is 2.48. The largest absolute Gasteiger partial charge is 0.377 e. The highest BCUT2D eigenvalue weighted by Gasteiger charge is 2.24. The van der Waals surface area contributed by atoms with Gasteiger partial charge in [0.1, 0.15) is 0 Å². The van der Waals surface area contributed by atoms with Crippen LogP contribution in [0, 0.1) is 0 Å². The van der Waals surface area contributed by atoms with Crippen molar-refractivity contribution in [2.24, 2.45) is 0 Å². The van der Waals surface area contributed by atoms with E-state index in [4.69, 9.17) is 9.47 Å². The quantitative estimate of drug-likeness (QED) is 0.819. The van der Waals surface area contributed by atoms with E-state index in [2.05, 4.69) is 10.00 Å². The maximum atomic E-state index is 5.83. The van der Waals surface area contributed by atoms with Gasteiger partial charge in [-0.1, -0.05) is 0 Å². The third-order valence-corrected chi connectivity index (χ3v) is 3.91. The Morgan fingerprint density at radius 2 is 2.05 bits per heavy atom. The van der Waals surface area contributed by atoms with Gasteiger partial charge in [0, 0.05) is 38.6 Å². The second-order valence-corrected chi connectivity index (χ2v) is 5.47. The first kappa shape index (κ1) is 13.1. The number of aromatic nitrogens is 2. The van der Waals surface area contributed by atoms with Crippen molar-refractivity contribution in [3.05, 3.63) is 18.5 Å². The Morgan fingerprint density at radius 3 is 2.84 bits per heavy atom. The third kappa shape index (κ3) is 3.78. The summed E-state index contributed by atoms with van der Waals surface area (Å²) in [6, 6.07) is 1.95. The molecule has 1 aromatic rings. The fraction of sp³-hybridized carbons (Fsp3) is 0.786. The molecule has 106 valence electrons. The summed E-state index contributed by atoms with van der Waals surface area (Å²) in [6.07, 6.45) is 8.23. The first-order valence-electron chi connectivity index (χ1n) is 7.33. The fourth-order valence-corrected chi connectivity index (χ4v) is 2.91. The molecule has 2 saturated heterocycles. The molecule has 0 aliphatic carbocycles. The summed E-state index contributed by atoms with van der Waals surface area (Å²) in [5.74, 6) is 0. The highest BCUT2D eigenvalue weighted by atomic mass is 16.5. The molecule has 0 unspecified atom stereocenters. The molecule has 0 radical (unpaired) electrons. The van der Waals surface area contributed by atoms with Gasteiger partial charge in [0.25, 0.3) is 0 Å². The average Bonchev–Trinajstić information content (AvgIpc) is 2.93. The number of morpholine rings is 1. The Hall–Kier alpha value is -0.910. The van der Waals surface area contributed by atoms with E-state index < -0.39 is 0 Å². The number of ether oxygens (including phenoxy) is 2. The van der Waals surface area contributed by atoms with Gasteiger partial charge >= 0.3 is 0 Å². The van der Waals surface area contributed by atoms with Gasteiger partial charge in [-0.3, -0.25) is 9.58 Å². The molecule has 2 aliphatic rings. The maximum absolute atomic E-state index is 5.83. The lowest BCUT2D eigenvalue weighted by Gasteiger charge is -2.35. The lowest BCUT2D eigenvalue weighted by molar-refractivity contribution is -0.0650. The minimum Gasteiger partial charge on any atom is -0.377 e. The minimum absolute atomic E-state index is 0.247. The molecule has 5 heteroatoms. The van der Waals surface area contributed by atoms with E-state index >= 15 is 0 Å². The molecule has 0 bridgehead atoms. The van der Waals surface area contributed by atoms with E-state index in [1.807, 2.05) is 23.1 Å². The van der Waals surface area contributed by atoms with Crippen molar-refractivity contribution in [1.82, 2.24) is 14.7 Å². The van der Waals surface area contributed by atoms with Gasteiger partial charge in [-0.2, -0.15) is 5.10 Å². The molecule has 1 aromatic heterocycles. The van der Waals surface area contributed by atoms with Gasteiger partial charge in [0.15, 0.2) is 0 Å². The second kappa shape index (κ2) is 6.50. The summed E-state index contributed by atoms with van der Waals surface area (Å²) in [5, 5.41) is 4.24. The Labute approximate surface area is 114 Å². The Bertz CT molecular complexity index is 363. The standard InChI is InChI=1S/C14H23N3O2/c1-2-8-18-13(4-1)10-16-7-9-19-14(11-16)12-17-6-3-5-15-17/h3,5-6,13-14H,1-2,4,7-12H2/t13-,14+/m0/s1. The van der Waals surface area contributed by atoms with Gasteiger partial charge in [0.2, 0.25) is 0 Å². The highest BCUT2D eigenvalue weighted by molar-refractivity contribution is 4.81. The van der Waals surface area contributed by atoms with Crippen LogP contribution in [-0.2, 0) is 16.0 Å². The normalized spacial score (nSPS) is 29.5. The monoisotopic (exact) mass is 265 g/mol. The number of hydrogen-bond donors (Lipinski definition) is 0. The zero-order valence-electron chi connectivity index (χ0n) is 11.4. The molecule has 5 nitrogen and oxygen atoms in total. The van der Waals surface area contributed by atoms with Crippen molar-refractivity contribution in [1.29, 1.82) is 0 Å². The van der Waals surface area contributed by atoms with Crippen molar-refractivity contribution >= 4 is 0 Å². The van der Waals surface area contributed by atoms with E-state index in [-0.39, 0.29) is 6.10 Å². The molecular weight excluding hydrogens is 242 g/mol. The highest BCUT2D eigenvalue weighted by Crippen LogP contribution is 2.16. The summed E-state index contributed by atoms with van der Waals surface area (Å²) < 4.78 is 13.6. The number of nitrogens with zero attached hydrogens (tertiary/aromatic N) is 3. The minimum atomic E-state index is 0.247. The third-order valence-electron chi connectivity index (χ3n) is 3.91. The van der Waals surface area contributed by atoms with E-state index in [1.54, 1.807) is 0 Å². The van der Waals surface area contributed by atoms with Crippen LogP contribution >= 0.6 is 0 Å². The van der Waals surface area contributed by atoms with E-state index in [9.17, 15) is 0 Å². The van der Waals surface area contributed by atoms with Gasteiger partial charge in [-0.05, 0) is 25.3 Å². The molecular formula is C14H23N3O2. The molecule has 0 N–H and O–H groups in total. The molecule has 2 atom stereocenters. The SMILES string of the molecule is c1cnn(C[C@H]2CN(C[C@@H]3CCCCO3)CCO2)c1. The molecule has 2 aliphatic heterocycles. The van der Waals surface area contributed by atoms with E-state index in [0.717, 1.165) is 39.4 Å². The molecule has 0 amide bonds. The Balaban J connectivity index is 1.47. The average molecular weight is 265 g/mol. The van der Waals surface area contributed by atoms with Crippen molar-refractivity contribution < 1.29 is 9.47 Å². The van der Waals surface area contributed by atoms with Crippen LogP contribution in [0.15, 0.2) is 18.5 Å². The molecule has 3 heterocycles. The lowest BCUT2D eigenvalue weighted by atomic mass is 10.1. The van der Waals surface area contributed by atoms with Gasteiger partial charge in [0.05, 0.1) is 25.4 Å². The van der Waals surface area contributed by atoms with Crippen LogP contribution in [0.4, 0.5) is 0 Å². The fourth-order valence-electron chi connectivity index (χ4n) is 2.91. The van der Waals surface area contributed by atoms with Crippen LogP contribution in [0.2, 0.25) is 0 Å². The van der Waals surface area contributed by atoms with Crippen molar-refractivity contribution in [3.8, 4) is 0 Å². The van der Waals surface area contributed by atoms with Crippen LogP contribution in [0.3, 0.4) is 0 Å². The van der Waals surface area contributed by atoms with Crippen molar-refractivity contribution in [3.63, 3.8) is 0 Å². The predicted molar refractivity (Wildman–Crippen MR) is 72.0 cm³/mol. The first-order valence-corrected chi connectivity index (χ1v) is 7.33. The second-order valence-electron chi connectivity index (χ2n) is 5.47. The van der Waals surface area contributed by atoms with Crippen LogP contribution in [-0.4, -0.2) is 59.7 Å². The smallest absolute Gasteiger partial charge is 0.0898 e. The number of rotatable bonds is 4. The maximum Gasteiger partial charge on any atom is 0.0898 e. The lowest BCUT2D eigenvalue weighted by Crippen LogP contribution is -2.47. The van der Waals surface area contributed by atoms with Crippen molar-refractivity contribution in [2.75, 3.05) is 32.8 Å². The molecule has 0 spiro atoms. The molecule has 0 aromatic carbocycles. The molecule has 19 heavy (non-hydrogen) atoms. The topological polar surface area (TPSA) is 39.5 Å². The molecule has 3 rings (SSSR count). The van der Waals surface area contributed by atoms with Crippen LogP contribution in [0.25, 0.3) is 0 Å². The summed E-state index contributed by atoms with van der Waals surface area (Å²) >= 11 is 0. The van der Waals surface area contributed by atoms with E-state index in [1.165, 1.54) is 19.3 Å². The Morgan fingerprint density at radius 1 is 1.11 bits per heavy atom.